The van der Waals surface area contributed by atoms with Crippen LogP contribution in [0.4, 0.5) is 0 Å². The fourth-order valence-electron chi connectivity index (χ4n) is 1.50. The Balaban J connectivity index is 2.70. The molecule has 0 aliphatic rings. The molecular formula is C13H18N2. The molecule has 0 saturated carbocycles. The molecule has 1 rings (SSSR count). The number of nitriles is 1. The van der Waals surface area contributed by atoms with Gasteiger partial charge in [0, 0.05) is 6.04 Å². The Morgan fingerprint density at radius 3 is 2.33 bits per heavy atom. The van der Waals surface area contributed by atoms with Gasteiger partial charge in [-0.3, -0.25) is 0 Å². The van der Waals surface area contributed by atoms with Gasteiger partial charge in [-0.05, 0) is 33.0 Å². The molecule has 0 aromatic heterocycles. The summed E-state index contributed by atoms with van der Waals surface area (Å²) in [5, 5.41) is 9.14. The van der Waals surface area contributed by atoms with Crippen molar-refractivity contribution in [2.75, 3.05) is 14.1 Å². The summed E-state index contributed by atoms with van der Waals surface area (Å²) in [6.45, 7) is 2.15. The van der Waals surface area contributed by atoms with E-state index >= 15 is 0 Å². The second-order valence-electron chi connectivity index (χ2n) is 4.14. The van der Waals surface area contributed by atoms with Crippen molar-refractivity contribution in [3.05, 3.63) is 35.9 Å². The number of hydrogen-bond acceptors (Lipinski definition) is 2. The smallest absolute Gasteiger partial charge is 0.0727 e. The van der Waals surface area contributed by atoms with Crippen LogP contribution in [0.1, 0.15) is 24.8 Å². The first kappa shape index (κ1) is 11.7. The van der Waals surface area contributed by atoms with E-state index in [-0.39, 0.29) is 5.92 Å². The molecule has 1 aromatic carbocycles. The van der Waals surface area contributed by atoms with Crippen molar-refractivity contribution in [3.63, 3.8) is 0 Å². The largest absolute Gasteiger partial charge is 0.307 e. The molecule has 2 unspecified atom stereocenters. The van der Waals surface area contributed by atoms with E-state index in [1.807, 2.05) is 44.4 Å². The van der Waals surface area contributed by atoms with Gasteiger partial charge < -0.3 is 4.90 Å². The molecule has 0 amide bonds. The summed E-state index contributed by atoms with van der Waals surface area (Å²) in [6.07, 6.45) is 0.882. The molecule has 80 valence electrons. The minimum absolute atomic E-state index is 0.00333. The molecule has 15 heavy (non-hydrogen) atoms. The van der Waals surface area contributed by atoms with Crippen molar-refractivity contribution in [3.8, 4) is 6.07 Å². The normalized spacial score (nSPS) is 14.6. The van der Waals surface area contributed by atoms with Crippen LogP contribution >= 0.6 is 0 Å². The fraction of sp³-hybridized carbons (Fsp3) is 0.462. The summed E-state index contributed by atoms with van der Waals surface area (Å²) in [4.78, 5) is 2.15. The maximum Gasteiger partial charge on any atom is 0.0727 e. The highest BCUT2D eigenvalue weighted by molar-refractivity contribution is 5.24. The molecule has 1 aromatic rings. The molecule has 0 heterocycles. The van der Waals surface area contributed by atoms with Crippen LogP contribution in [-0.4, -0.2) is 25.0 Å². The Bertz CT molecular complexity index is 324. The van der Waals surface area contributed by atoms with E-state index in [2.05, 4.69) is 17.9 Å². The van der Waals surface area contributed by atoms with Gasteiger partial charge in [0.25, 0.3) is 0 Å². The van der Waals surface area contributed by atoms with Crippen molar-refractivity contribution in [2.24, 2.45) is 0 Å². The highest BCUT2D eigenvalue weighted by atomic mass is 15.1. The third kappa shape index (κ3) is 3.38. The van der Waals surface area contributed by atoms with Crippen LogP contribution in [0.5, 0.6) is 0 Å². The average Bonchev–Trinajstić information content (AvgIpc) is 2.26. The van der Waals surface area contributed by atoms with Gasteiger partial charge >= 0.3 is 0 Å². The van der Waals surface area contributed by atoms with Gasteiger partial charge in [-0.15, -0.1) is 0 Å². The van der Waals surface area contributed by atoms with Crippen molar-refractivity contribution in [1.82, 2.24) is 4.90 Å². The van der Waals surface area contributed by atoms with Gasteiger partial charge in [-0.1, -0.05) is 30.3 Å². The Kier molecular flexibility index (Phi) is 4.33. The van der Waals surface area contributed by atoms with Crippen LogP contribution < -0.4 is 0 Å². The fourth-order valence-corrected chi connectivity index (χ4v) is 1.50. The lowest BCUT2D eigenvalue weighted by Crippen LogP contribution is -2.26. The van der Waals surface area contributed by atoms with Gasteiger partial charge in [0.15, 0.2) is 0 Å². The van der Waals surface area contributed by atoms with Gasteiger partial charge in [0.1, 0.15) is 0 Å². The van der Waals surface area contributed by atoms with Gasteiger partial charge in [0.05, 0.1) is 12.0 Å². The summed E-state index contributed by atoms with van der Waals surface area (Å²) in [7, 11) is 4.09. The van der Waals surface area contributed by atoms with Gasteiger partial charge in [0.2, 0.25) is 0 Å². The minimum Gasteiger partial charge on any atom is -0.307 e. The third-order valence-corrected chi connectivity index (χ3v) is 2.82. The number of hydrogen-bond donors (Lipinski definition) is 0. The third-order valence-electron chi connectivity index (χ3n) is 2.82. The highest BCUT2D eigenvalue weighted by Crippen LogP contribution is 2.21. The van der Waals surface area contributed by atoms with Crippen molar-refractivity contribution < 1.29 is 0 Å². The maximum absolute atomic E-state index is 9.14. The number of benzene rings is 1. The number of nitrogens with zero attached hydrogens (tertiary/aromatic N) is 2. The molecule has 0 spiro atoms. The Labute approximate surface area is 92.1 Å². The predicted octanol–water partition coefficient (Wildman–Crippen LogP) is 2.63. The number of rotatable bonds is 4. The van der Waals surface area contributed by atoms with Crippen molar-refractivity contribution >= 4 is 0 Å². The van der Waals surface area contributed by atoms with Crippen LogP contribution in [0.25, 0.3) is 0 Å². The van der Waals surface area contributed by atoms with Crippen LogP contribution in [0.3, 0.4) is 0 Å². The minimum atomic E-state index is 0.00333. The van der Waals surface area contributed by atoms with Crippen LogP contribution in [-0.2, 0) is 0 Å². The summed E-state index contributed by atoms with van der Waals surface area (Å²) in [5.41, 5.74) is 1.12. The van der Waals surface area contributed by atoms with E-state index in [1.165, 1.54) is 0 Å². The lowest BCUT2D eigenvalue weighted by atomic mass is 9.94. The lowest BCUT2D eigenvalue weighted by molar-refractivity contribution is 0.293. The zero-order valence-corrected chi connectivity index (χ0v) is 9.64. The first-order valence-corrected chi connectivity index (χ1v) is 5.26. The first-order chi connectivity index (χ1) is 7.15. The molecule has 0 aliphatic carbocycles. The molecule has 2 atom stereocenters. The summed E-state index contributed by atoms with van der Waals surface area (Å²) in [5.74, 6) is 0.00333. The van der Waals surface area contributed by atoms with Gasteiger partial charge in [-0.25, -0.2) is 0 Å². The van der Waals surface area contributed by atoms with Crippen LogP contribution in [0.15, 0.2) is 30.3 Å². The molecule has 2 heteroatoms. The highest BCUT2D eigenvalue weighted by Gasteiger charge is 2.15. The molecule has 0 saturated heterocycles. The lowest BCUT2D eigenvalue weighted by Gasteiger charge is -2.22. The van der Waals surface area contributed by atoms with Crippen LogP contribution in [0, 0.1) is 11.3 Å². The second-order valence-corrected chi connectivity index (χ2v) is 4.14. The van der Waals surface area contributed by atoms with E-state index in [1.54, 1.807) is 0 Å². The maximum atomic E-state index is 9.14. The Hall–Kier alpha value is -1.33. The molecule has 2 nitrogen and oxygen atoms in total. The first-order valence-electron chi connectivity index (χ1n) is 5.26. The Morgan fingerprint density at radius 2 is 1.87 bits per heavy atom. The van der Waals surface area contributed by atoms with E-state index < -0.39 is 0 Å². The van der Waals surface area contributed by atoms with E-state index in [0.717, 1.165) is 12.0 Å². The summed E-state index contributed by atoms with van der Waals surface area (Å²) < 4.78 is 0. The van der Waals surface area contributed by atoms with E-state index in [9.17, 15) is 0 Å². The molecule has 0 N–H and O–H groups in total. The molecule has 0 radical (unpaired) electrons. The summed E-state index contributed by atoms with van der Waals surface area (Å²) in [6, 6.07) is 12.8. The molecule has 0 fully saturated rings. The molecular weight excluding hydrogens is 184 g/mol. The zero-order chi connectivity index (χ0) is 11.3. The van der Waals surface area contributed by atoms with Gasteiger partial charge in [-0.2, -0.15) is 5.26 Å². The molecule has 0 aliphatic heterocycles. The zero-order valence-electron chi connectivity index (χ0n) is 9.64. The molecule has 0 bridgehead atoms. The van der Waals surface area contributed by atoms with Crippen molar-refractivity contribution in [1.29, 1.82) is 5.26 Å². The Morgan fingerprint density at radius 1 is 1.27 bits per heavy atom. The SMILES string of the molecule is CC(CC(C#N)c1ccccc1)N(C)C. The van der Waals surface area contributed by atoms with Crippen LogP contribution in [0.2, 0.25) is 0 Å². The summed E-state index contributed by atoms with van der Waals surface area (Å²) >= 11 is 0. The van der Waals surface area contributed by atoms with E-state index in [4.69, 9.17) is 5.26 Å². The monoisotopic (exact) mass is 202 g/mol. The average molecular weight is 202 g/mol. The quantitative estimate of drug-likeness (QED) is 0.750. The van der Waals surface area contributed by atoms with Crippen molar-refractivity contribution in [2.45, 2.75) is 25.3 Å². The standard InChI is InChI=1S/C13H18N2/c1-11(15(2)3)9-13(10-14)12-7-5-4-6-8-12/h4-8,11,13H,9H2,1-3H3. The predicted molar refractivity (Wildman–Crippen MR) is 62.6 cm³/mol. The topological polar surface area (TPSA) is 27.0 Å². The second kappa shape index (κ2) is 5.53. The van der Waals surface area contributed by atoms with E-state index in [0.29, 0.717) is 6.04 Å².